The average molecular weight is 283 g/mol. The largest absolute Gasteiger partial charge is 0.417 e. The summed E-state index contributed by atoms with van der Waals surface area (Å²) in [6, 6.07) is 5.11. The van der Waals surface area contributed by atoms with Gasteiger partial charge in [0.15, 0.2) is 5.82 Å². The quantitative estimate of drug-likeness (QED) is 0.919. The molecular weight excluding hydrogens is 271 g/mol. The molecule has 0 atom stereocenters. The Balaban J connectivity index is 2.02. The smallest absolute Gasteiger partial charge is 0.334 e. The van der Waals surface area contributed by atoms with Gasteiger partial charge in [-0.25, -0.2) is 0 Å². The third-order valence-corrected chi connectivity index (χ3v) is 3.58. The van der Waals surface area contributed by atoms with E-state index in [9.17, 15) is 13.2 Å². The molecule has 1 fully saturated rings. The van der Waals surface area contributed by atoms with Crippen LogP contribution in [-0.2, 0) is 11.7 Å². The standard InChI is InChI=1S/C13H12F3N3O/c14-13(15,16)9-5-2-1-4-8(9)10-18-11(19-20-10)12(17)6-3-7-12/h1-2,4-5H,3,6-7,17H2. The maximum Gasteiger partial charge on any atom is 0.417 e. The third kappa shape index (κ3) is 2.07. The fourth-order valence-corrected chi connectivity index (χ4v) is 2.23. The first-order valence-electron chi connectivity index (χ1n) is 6.20. The second-order valence-electron chi connectivity index (χ2n) is 4.98. The first-order valence-corrected chi connectivity index (χ1v) is 6.20. The topological polar surface area (TPSA) is 64.9 Å². The molecule has 0 amide bonds. The third-order valence-electron chi connectivity index (χ3n) is 3.58. The molecule has 0 saturated heterocycles. The molecule has 0 aliphatic heterocycles. The van der Waals surface area contributed by atoms with Crippen LogP contribution in [-0.4, -0.2) is 10.1 Å². The molecule has 1 heterocycles. The van der Waals surface area contributed by atoms with Crippen molar-refractivity contribution in [3.63, 3.8) is 0 Å². The monoisotopic (exact) mass is 283 g/mol. The van der Waals surface area contributed by atoms with Crippen LogP contribution in [0.5, 0.6) is 0 Å². The van der Waals surface area contributed by atoms with E-state index in [0.29, 0.717) is 12.8 Å². The van der Waals surface area contributed by atoms with Crippen molar-refractivity contribution in [3.05, 3.63) is 35.7 Å². The van der Waals surface area contributed by atoms with Crippen LogP contribution in [0.2, 0.25) is 0 Å². The maximum absolute atomic E-state index is 12.9. The van der Waals surface area contributed by atoms with Gasteiger partial charge in [-0.1, -0.05) is 17.3 Å². The molecule has 1 aliphatic carbocycles. The molecule has 2 aromatic rings. The van der Waals surface area contributed by atoms with E-state index >= 15 is 0 Å². The number of nitrogens with zero attached hydrogens (tertiary/aromatic N) is 2. The van der Waals surface area contributed by atoms with Crippen LogP contribution in [0.3, 0.4) is 0 Å². The Bertz CT molecular complexity index is 632. The van der Waals surface area contributed by atoms with Gasteiger partial charge in [0.05, 0.1) is 16.7 Å². The number of alkyl halides is 3. The molecule has 3 rings (SSSR count). The molecule has 1 saturated carbocycles. The molecule has 20 heavy (non-hydrogen) atoms. The summed E-state index contributed by atoms with van der Waals surface area (Å²) in [6.45, 7) is 0. The van der Waals surface area contributed by atoms with Crippen molar-refractivity contribution < 1.29 is 17.7 Å². The lowest BCUT2D eigenvalue weighted by atomic mass is 9.77. The van der Waals surface area contributed by atoms with E-state index in [1.54, 1.807) is 0 Å². The summed E-state index contributed by atoms with van der Waals surface area (Å²) in [4.78, 5) is 4.05. The summed E-state index contributed by atoms with van der Waals surface area (Å²) in [6.07, 6.45) is -2.08. The Labute approximate surface area is 112 Å². The predicted molar refractivity (Wildman–Crippen MR) is 64.5 cm³/mol. The summed E-state index contributed by atoms with van der Waals surface area (Å²) in [5, 5.41) is 3.73. The fraction of sp³-hybridized carbons (Fsp3) is 0.385. The van der Waals surface area contributed by atoms with Crippen LogP contribution in [0.1, 0.15) is 30.7 Å². The second kappa shape index (κ2) is 4.31. The average Bonchev–Trinajstić information content (AvgIpc) is 2.84. The SMILES string of the molecule is NC1(c2noc(-c3ccccc3C(F)(F)F)n2)CCC1. The summed E-state index contributed by atoms with van der Waals surface area (Å²) >= 11 is 0. The Morgan fingerprint density at radius 2 is 1.90 bits per heavy atom. The van der Waals surface area contributed by atoms with Gasteiger partial charge in [-0.3, -0.25) is 0 Å². The molecule has 0 bridgehead atoms. The van der Waals surface area contributed by atoms with E-state index < -0.39 is 17.3 Å². The van der Waals surface area contributed by atoms with Gasteiger partial charge in [0.2, 0.25) is 0 Å². The molecular formula is C13H12F3N3O. The van der Waals surface area contributed by atoms with Crippen LogP contribution < -0.4 is 5.73 Å². The number of hydrogen-bond donors (Lipinski definition) is 1. The summed E-state index contributed by atoms with van der Waals surface area (Å²) in [5.41, 5.74) is 4.45. The van der Waals surface area contributed by atoms with E-state index in [0.717, 1.165) is 12.5 Å². The van der Waals surface area contributed by atoms with Crippen molar-refractivity contribution in [2.24, 2.45) is 5.73 Å². The fourth-order valence-electron chi connectivity index (χ4n) is 2.23. The lowest BCUT2D eigenvalue weighted by molar-refractivity contribution is -0.137. The van der Waals surface area contributed by atoms with Gasteiger partial charge in [0.1, 0.15) is 0 Å². The summed E-state index contributed by atoms with van der Waals surface area (Å²) in [7, 11) is 0. The highest BCUT2D eigenvalue weighted by Gasteiger charge is 2.40. The zero-order valence-corrected chi connectivity index (χ0v) is 10.4. The molecule has 1 aromatic heterocycles. The van der Waals surface area contributed by atoms with E-state index in [2.05, 4.69) is 10.1 Å². The number of nitrogens with two attached hydrogens (primary N) is 1. The predicted octanol–water partition coefficient (Wildman–Crippen LogP) is 3.09. The van der Waals surface area contributed by atoms with Crippen molar-refractivity contribution in [3.8, 4) is 11.5 Å². The first-order chi connectivity index (χ1) is 9.40. The minimum absolute atomic E-state index is 0.123. The highest BCUT2D eigenvalue weighted by molar-refractivity contribution is 5.59. The molecule has 4 nitrogen and oxygen atoms in total. The normalized spacial score (nSPS) is 17.8. The zero-order chi connectivity index (χ0) is 14.4. The van der Waals surface area contributed by atoms with E-state index in [1.165, 1.54) is 18.2 Å². The molecule has 2 N–H and O–H groups in total. The molecule has 1 aromatic carbocycles. The Morgan fingerprint density at radius 1 is 1.20 bits per heavy atom. The molecule has 1 aliphatic rings. The number of halogens is 3. The highest BCUT2D eigenvalue weighted by Crippen LogP contribution is 2.39. The van der Waals surface area contributed by atoms with Crippen LogP contribution in [0.25, 0.3) is 11.5 Å². The van der Waals surface area contributed by atoms with Crippen LogP contribution in [0, 0.1) is 0 Å². The molecule has 0 radical (unpaired) electrons. The van der Waals surface area contributed by atoms with Crippen LogP contribution in [0.15, 0.2) is 28.8 Å². The number of rotatable bonds is 2. The van der Waals surface area contributed by atoms with Crippen molar-refractivity contribution >= 4 is 0 Å². The lowest BCUT2D eigenvalue weighted by Gasteiger charge is -2.34. The minimum Gasteiger partial charge on any atom is -0.334 e. The van der Waals surface area contributed by atoms with Gasteiger partial charge in [0.25, 0.3) is 5.89 Å². The number of aromatic nitrogens is 2. The Kier molecular flexibility index (Phi) is 2.82. The van der Waals surface area contributed by atoms with Crippen molar-refractivity contribution in [2.75, 3.05) is 0 Å². The molecule has 7 heteroatoms. The summed E-state index contributed by atoms with van der Waals surface area (Å²) in [5.74, 6) is 0.125. The highest BCUT2D eigenvalue weighted by atomic mass is 19.4. The first kappa shape index (κ1) is 13.1. The van der Waals surface area contributed by atoms with E-state index in [4.69, 9.17) is 10.3 Å². The van der Waals surface area contributed by atoms with Crippen LogP contribution >= 0.6 is 0 Å². The maximum atomic E-state index is 12.9. The number of benzene rings is 1. The second-order valence-corrected chi connectivity index (χ2v) is 4.98. The Hall–Kier alpha value is -1.89. The van der Waals surface area contributed by atoms with Gasteiger partial charge < -0.3 is 10.3 Å². The zero-order valence-electron chi connectivity index (χ0n) is 10.4. The van der Waals surface area contributed by atoms with Gasteiger partial charge >= 0.3 is 6.18 Å². The van der Waals surface area contributed by atoms with Crippen molar-refractivity contribution in [2.45, 2.75) is 31.0 Å². The van der Waals surface area contributed by atoms with Gasteiger partial charge in [-0.05, 0) is 31.4 Å². The van der Waals surface area contributed by atoms with Crippen LogP contribution in [0.4, 0.5) is 13.2 Å². The van der Waals surface area contributed by atoms with Gasteiger partial charge in [0, 0.05) is 0 Å². The lowest BCUT2D eigenvalue weighted by Crippen LogP contribution is -2.44. The minimum atomic E-state index is -4.47. The molecule has 0 unspecified atom stereocenters. The van der Waals surface area contributed by atoms with Gasteiger partial charge in [-0.15, -0.1) is 0 Å². The number of hydrogen-bond acceptors (Lipinski definition) is 4. The van der Waals surface area contributed by atoms with Gasteiger partial charge in [-0.2, -0.15) is 18.2 Å². The van der Waals surface area contributed by atoms with E-state index in [1.807, 2.05) is 0 Å². The van der Waals surface area contributed by atoms with Crippen molar-refractivity contribution in [1.29, 1.82) is 0 Å². The molecule has 106 valence electrons. The van der Waals surface area contributed by atoms with E-state index in [-0.39, 0.29) is 17.3 Å². The molecule has 0 spiro atoms. The van der Waals surface area contributed by atoms with Crippen molar-refractivity contribution in [1.82, 2.24) is 10.1 Å². The Morgan fingerprint density at radius 3 is 2.50 bits per heavy atom. The summed E-state index contributed by atoms with van der Waals surface area (Å²) < 4.78 is 43.8.